The Labute approximate surface area is 144 Å². The van der Waals surface area contributed by atoms with Crippen LogP contribution in [0.4, 0.5) is 0 Å². The van der Waals surface area contributed by atoms with Gasteiger partial charge in [-0.1, -0.05) is 17.3 Å². The van der Waals surface area contributed by atoms with Crippen LogP contribution in [-0.4, -0.2) is 22.2 Å². The monoisotopic (exact) mass is 333 g/mol. The molecule has 6 nitrogen and oxygen atoms in total. The highest BCUT2D eigenvalue weighted by Crippen LogP contribution is 2.34. The predicted octanol–water partition coefficient (Wildman–Crippen LogP) is 4.39. The third kappa shape index (κ3) is 3.01. The van der Waals surface area contributed by atoms with Crippen LogP contribution in [0.25, 0.3) is 22.4 Å². The average molecular weight is 333 g/mol. The molecule has 0 spiro atoms. The van der Waals surface area contributed by atoms with Crippen LogP contribution in [0.2, 0.25) is 0 Å². The molecule has 0 aliphatic heterocycles. The number of aryl methyl sites for hydroxylation is 1. The van der Waals surface area contributed by atoms with Crippen molar-refractivity contribution in [1.29, 1.82) is 0 Å². The number of rotatable bonds is 4. The van der Waals surface area contributed by atoms with E-state index in [-0.39, 0.29) is 0 Å². The van der Waals surface area contributed by atoms with E-state index in [1.165, 1.54) is 0 Å². The van der Waals surface area contributed by atoms with Crippen molar-refractivity contribution in [2.24, 2.45) is 0 Å². The van der Waals surface area contributed by atoms with E-state index < -0.39 is 0 Å². The molecule has 0 amide bonds. The minimum absolute atomic E-state index is 0.417. The Kier molecular flexibility index (Phi) is 3.78. The summed E-state index contributed by atoms with van der Waals surface area (Å²) in [5.41, 5.74) is 1.60. The van der Waals surface area contributed by atoms with Gasteiger partial charge < -0.3 is 14.0 Å². The molecule has 124 valence electrons. The number of hydrogen-bond donors (Lipinski definition) is 0. The normalized spacial score (nSPS) is 10.8. The van der Waals surface area contributed by atoms with E-state index in [0.29, 0.717) is 29.0 Å². The van der Waals surface area contributed by atoms with Gasteiger partial charge in [-0.15, -0.1) is 0 Å². The fourth-order valence-electron chi connectivity index (χ4n) is 2.57. The molecule has 2 heterocycles. The molecule has 6 heteroatoms. The van der Waals surface area contributed by atoms with E-state index in [0.717, 1.165) is 16.5 Å². The van der Waals surface area contributed by atoms with Crippen LogP contribution in [-0.2, 0) is 0 Å². The molecule has 2 aromatic heterocycles. The molecule has 0 fully saturated rings. The maximum Gasteiger partial charge on any atom is 0.258 e. The molecule has 0 aliphatic rings. The molecular formula is C19H15N3O3. The molecule has 0 N–H and O–H groups in total. The first-order valence-corrected chi connectivity index (χ1v) is 7.74. The lowest BCUT2D eigenvalue weighted by molar-refractivity contribution is 0.407. The Morgan fingerprint density at radius 1 is 1.00 bits per heavy atom. The molecular weight excluding hydrogens is 318 g/mol. The van der Waals surface area contributed by atoms with Crippen molar-refractivity contribution in [2.45, 2.75) is 6.92 Å². The zero-order valence-electron chi connectivity index (χ0n) is 13.8. The highest BCUT2D eigenvalue weighted by atomic mass is 16.5. The molecule has 0 aliphatic carbocycles. The molecule has 25 heavy (non-hydrogen) atoms. The Morgan fingerprint density at radius 2 is 1.84 bits per heavy atom. The fraction of sp³-hybridized carbons (Fsp3) is 0.105. The molecule has 0 saturated heterocycles. The third-order valence-corrected chi connectivity index (χ3v) is 3.73. The highest BCUT2D eigenvalue weighted by molar-refractivity contribution is 5.85. The second-order valence-electron chi connectivity index (χ2n) is 5.47. The number of nitrogens with zero attached hydrogens (tertiary/aromatic N) is 3. The lowest BCUT2D eigenvalue weighted by Crippen LogP contribution is -1.91. The zero-order valence-corrected chi connectivity index (χ0v) is 13.8. The second-order valence-corrected chi connectivity index (χ2v) is 5.47. The van der Waals surface area contributed by atoms with Gasteiger partial charge in [-0.2, -0.15) is 4.98 Å². The van der Waals surface area contributed by atoms with Gasteiger partial charge in [0.2, 0.25) is 0 Å². The molecule has 4 aromatic rings. The van der Waals surface area contributed by atoms with E-state index in [1.807, 2.05) is 48.5 Å². The first-order chi connectivity index (χ1) is 12.2. The average Bonchev–Trinajstić information content (AvgIpc) is 3.08. The summed E-state index contributed by atoms with van der Waals surface area (Å²) >= 11 is 0. The minimum atomic E-state index is 0.417. The summed E-state index contributed by atoms with van der Waals surface area (Å²) in [6, 6.07) is 15.1. The molecule has 0 bridgehead atoms. The third-order valence-electron chi connectivity index (χ3n) is 3.73. The number of benzene rings is 2. The van der Waals surface area contributed by atoms with Crippen LogP contribution in [0.3, 0.4) is 0 Å². The van der Waals surface area contributed by atoms with E-state index in [2.05, 4.69) is 15.1 Å². The Bertz CT molecular complexity index is 1040. The van der Waals surface area contributed by atoms with Crippen LogP contribution < -0.4 is 9.47 Å². The van der Waals surface area contributed by atoms with Gasteiger partial charge in [-0.25, -0.2) is 0 Å². The lowest BCUT2D eigenvalue weighted by atomic mass is 10.2. The maximum atomic E-state index is 6.09. The summed E-state index contributed by atoms with van der Waals surface area (Å²) in [6.45, 7) is 1.77. The number of methoxy groups -OCH3 is 1. The van der Waals surface area contributed by atoms with Crippen molar-refractivity contribution in [1.82, 2.24) is 15.1 Å². The summed E-state index contributed by atoms with van der Waals surface area (Å²) in [6.07, 6.45) is 1.72. The van der Waals surface area contributed by atoms with Crippen LogP contribution in [0.1, 0.15) is 5.82 Å². The summed E-state index contributed by atoms with van der Waals surface area (Å²) in [5, 5.41) is 4.76. The van der Waals surface area contributed by atoms with Gasteiger partial charge in [0.1, 0.15) is 17.2 Å². The van der Waals surface area contributed by atoms with Gasteiger partial charge in [0.15, 0.2) is 5.82 Å². The summed E-state index contributed by atoms with van der Waals surface area (Å²) in [4.78, 5) is 8.60. The highest BCUT2D eigenvalue weighted by Gasteiger charge is 2.12. The number of hydrogen-bond acceptors (Lipinski definition) is 6. The standard InChI is InChI=1S/C19H15N3O3/c1-12-21-19(25-22-12)13-9-14(23-2)11-15(10-13)24-18-7-8-20-17-6-4-3-5-16(17)18/h3-11H,1-2H3. The molecule has 0 atom stereocenters. The second kappa shape index (κ2) is 6.24. The van der Waals surface area contributed by atoms with Crippen molar-refractivity contribution in [3.05, 3.63) is 60.6 Å². The number of fused-ring (bicyclic) bond motifs is 1. The van der Waals surface area contributed by atoms with Crippen molar-refractivity contribution < 1.29 is 14.0 Å². The number of para-hydroxylation sites is 1. The van der Waals surface area contributed by atoms with Crippen molar-refractivity contribution in [3.63, 3.8) is 0 Å². The summed E-state index contributed by atoms with van der Waals surface area (Å²) in [7, 11) is 1.60. The van der Waals surface area contributed by atoms with Crippen LogP contribution in [0.5, 0.6) is 17.2 Å². The van der Waals surface area contributed by atoms with E-state index >= 15 is 0 Å². The Balaban J connectivity index is 1.77. The zero-order chi connectivity index (χ0) is 17.2. The van der Waals surface area contributed by atoms with Gasteiger partial charge in [0, 0.05) is 23.2 Å². The topological polar surface area (TPSA) is 70.3 Å². The largest absolute Gasteiger partial charge is 0.497 e. The molecule has 0 unspecified atom stereocenters. The van der Waals surface area contributed by atoms with E-state index in [4.69, 9.17) is 14.0 Å². The van der Waals surface area contributed by atoms with Crippen molar-refractivity contribution >= 4 is 10.9 Å². The van der Waals surface area contributed by atoms with E-state index in [1.54, 1.807) is 20.2 Å². The predicted molar refractivity (Wildman–Crippen MR) is 92.8 cm³/mol. The van der Waals surface area contributed by atoms with Gasteiger partial charge in [0.05, 0.1) is 12.6 Å². The Hall–Kier alpha value is -3.41. The molecule has 0 radical (unpaired) electrons. The van der Waals surface area contributed by atoms with Crippen LogP contribution in [0.15, 0.2) is 59.3 Å². The number of ether oxygens (including phenoxy) is 2. The van der Waals surface area contributed by atoms with Gasteiger partial charge in [0.25, 0.3) is 5.89 Å². The van der Waals surface area contributed by atoms with Crippen molar-refractivity contribution in [2.75, 3.05) is 7.11 Å². The molecule has 4 rings (SSSR count). The molecule has 2 aromatic carbocycles. The number of aromatic nitrogens is 3. The van der Waals surface area contributed by atoms with Gasteiger partial charge >= 0.3 is 0 Å². The Morgan fingerprint density at radius 3 is 2.64 bits per heavy atom. The number of pyridine rings is 1. The first kappa shape index (κ1) is 15.1. The lowest BCUT2D eigenvalue weighted by Gasteiger charge is -2.11. The quantitative estimate of drug-likeness (QED) is 0.551. The smallest absolute Gasteiger partial charge is 0.258 e. The van der Waals surface area contributed by atoms with Crippen LogP contribution >= 0.6 is 0 Å². The van der Waals surface area contributed by atoms with E-state index in [9.17, 15) is 0 Å². The van der Waals surface area contributed by atoms with Gasteiger partial charge in [-0.05, 0) is 37.3 Å². The fourth-order valence-corrected chi connectivity index (χ4v) is 2.57. The first-order valence-electron chi connectivity index (χ1n) is 7.74. The summed E-state index contributed by atoms with van der Waals surface area (Å²) < 4.78 is 16.7. The summed E-state index contributed by atoms with van der Waals surface area (Å²) in [5.74, 6) is 2.95. The SMILES string of the molecule is COc1cc(Oc2ccnc3ccccc23)cc(-c2nc(C)no2)c1. The van der Waals surface area contributed by atoms with Gasteiger partial charge in [-0.3, -0.25) is 4.98 Å². The molecule has 0 saturated carbocycles. The maximum absolute atomic E-state index is 6.09. The van der Waals surface area contributed by atoms with Crippen LogP contribution in [0, 0.1) is 6.92 Å². The minimum Gasteiger partial charge on any atom is -0.497 e. The van der Waals surface area contributed by atoms with Crippen molar-refractivity contribution in [3.8, 4) is 28.7 Å².